The molecule has 0 aromatic carbocycles. The number of nitrogens with zero attached hydrogens (tertiary/aromatic N) is 1. The molecule has 1 atom stereocenters. The summed E-state index contributed by atoms with van der Waals surface area (Å²) in [4.78, 5) is 17.5. The second kappa shape index (κ2) is 4.88. The lowest BCUT2D eigenvalue weighted by molar-refractivity contribution is -0.139. The Morgan fingerprint density at radius 1 is 1.56 bits per heavy atom. The van der Waals surface area contributed by atoms with Crippen LogP contribution in [-0.4, -0.2) is 29.5 Å². The lowest BCUT2D eigenvalue weighted by atomic mass is 10.3. The number of thiophene rings is 1. The fourth-order valence-corrected chi connectivity index (χ4v) is 3.21. The van der Waals surface area contributed by atoms with Gasteiger partial charge < -0.3 is 10.1 Å². The number of carbonyl (C=O) groups is 1. The standard InChI is InChI=1S/C9H9N3O4S2/c13-9(14)8(6-2-1-3-17-6)12-18(15,16)7-4-10-5-11-7/h1-5,8,12H,(H,10,11)(H,13,14). The average Bonchev–Trinajstić information content (AvgIpc) is 2.98. The number of aromatic nitrogens is 2. The van der Waals surface area contributed by atoms with Gasteiger partial charge in [0.25, 0.3) is 10.0 Å². The topological polar surface area (TPSA) is 112 Å². The van der Waals surface area contributed by atoms with E-state index in [4.69, 9.17) is 5.11 Å². The van der Waals surface area contributed by atoms with E-state index < -0.39 is 22.0 Å². The van der Waals surface area contributed by atoms with E-state index in [2.05, 4.69) is 14.7 Å². The molecule has 0 radical (unpaired) electrons. The number of hydrogen-bond donors (Lipinski definition) is 3. The Balaban J connectivity index is 2.29. The van der Waals surface area contributed by atoms with Crippen molar-refractivity contribution in [2.24, 2.45) is 0 Å². The van der Waals surface area contributed by atoms with E-state index >= 15 is 0 Å². The van der Waals surface area contributed by atoms with Crippen molar-refractivity contribution in [1.82, 2.24) is 14.7 Å². The minimum Gasteiger partial charge on any atom is -0.480 e. The van der Waals surface area contributed by atoms with Crippen molar-refractivity contribution in [2.45, 2.75) is 11.1 Å². The molecular weight excluding hydrogens is 278 g/mol. The number of aromatic amines is 1. The molecule has 1 unspecified atom stereocenters. The molecule has 2 rings (SSSR count). The predicted molar refractivity (Wildman–Crippen MR) is 63.6 cm³/mol. The fraction of sp³-hybridized carbons (Fsp3) is 0.111. The number of aliphatic carboxylic acids is 1. The first-order valence-corrected chi connectivity index (χ1v) is 7.14. The fourth-order valence-electron chi connectivity index (χ4n) is 1.29. The summed E-state index contributed by atoms with van der Waals surface area (Å²) < 4.78 is 25.8. The van der Waals surface area contributed by atoms with Crippen molar-refractivity contribution in [1.29, 1.82) is 0 Å². The number of hydrogen-bond acceptors (Lipinski definition) is 5. The van der Waals surface area contributed by atoms with Crippen LogP contribution in [-0.2, 0) is 14.8 Å². The first-order chi connectivity index (χ1) is 8.50. The summed E-state index contributed by atoms with van der Waals surface area (Å²) in [7, 11) is -3.93. The minimum atomic E-state index is -3.93. The van der Waals surface area contributed by atoms with Gasteiger partial charge in [-0.3, -0.25) is 4.79 Å². The first kappa shape index (κ1) is 12.7. The molecule has 3 N–H and O–H groups in total. The third-order valence-corrected chi connectivity index (χ3v) is 4.40. The van der Waals surface area contributed by atoms with Gasteiger partial charge in [0.05, 0.1) is 12.5 Å². The Bertz CT molecular complexity index is 619. The number of carboxylic acid groups (broad SMARTS) is 1. The second-order valence-corrected chi connectivity index (χ2v) is 5.99. The lowest BCUT2D eigenvalue weighted by Crippen LogP contribution is -2.33. The van der Waals surface area contributed by atoms with Crippen molar-refractivity contribution in [3.8, 4) is 0 Å². The van der Waals surface area contributed by atoms with Crippen LogP contribution in [0.4, 0.5) is 0 Å². The van der Waals surface area contributed by atoms with Gasteiger partial charge in [-0.15, -0.1) is 11.3 Å². The maximum atomic E-state index is 11.9. The van der Waals surface area contributed by atoms with E-state index in [1.807, 2.05) is 0 Å². The monoisotopic (exact) mass is 287 g/mol. The zero-order chi connectivity index (χ0) is 13.2. The Labute approximate surface area is 107 Å². The van der Waals surface area contributed by atoms with Crippen molar-refractivity contribution in [3.05, 3.63) is 34.9 Å². The van der Waals surface area contributed by atoms with Crippen LogP contribution >= 0.6 is 11.3 Å². The molecule has 9 heteroatoms. The Morgan fingerprint density at radius 3 is 2.83 bits per heavy atom. The number of nitrogens with one attached hydrogen (secondary N) is 2. The minimum absolute atomic E-state index is 0.176. The summed E-state index contributed by atoms with van der Waals surface area (Å²) in [6.45, 7) is 0. The van der Waals surface area contributed by atoms with Gasteiger partial charge in [-0.2, -0.15) is 4.72 Å². The lowest BCUT2D eigenvalue weighted by Gasteiger charge is -2.12. The van der Waals surface area contributed by atoms with Gasteiger partial charge in [-0.05, 0) is 11.4 Å². The molecule has 18 heavy (non-hydrogen) atoms. The smallest absolute Gasteiger partial charge is 0.327 e. The molecule has 0 aliphatic heterocycles. The molecule has 0 amide bonds. The predicted octanol–water partition coefficient (Wildman–Crippen LogP) is 0.575. The molecule has 2 aromatic heterocycles. The molecule has 2 aromatic rings. The molecular formula is C9H9N3O4S2. The highest BCUT2D eigenvalue weighted by molar-refractivity contribution is 7.89. The number of sulfonamides is 1. The number of H-pyrrole nitrogens is 1. The van der Waals surface area contributed by atoms with Gasteiger partial charge in [-0.1, -0.05) is 6.07 Å². The quantitative estimate of drug-likeness (QED) is 0.744. The molecule has 0 spiro atoms. The van der Waals surface area contributed by atoms with E-state index in [1.165, 1.54) is 6.33 Å². The molecule has 0 saturated carbocycles. The first-order valence-electron chi connectivity index (χ1n) is 4.77. The van der Waals surface area contributed by atoms with Crippen LogP contribution in [0.3, 0.4) is 0 Å². The van der Waals surface area contributed by atoms with E-state index in [-0.39, 0.29) is 5.03 Å². The Kier molecular flexibility index (Phi) is 3.45. The van der Waals surface area contributed by atoms with Gasteiger partial charge in [0, 0.05) is 4.88 Å². The van der Waals surface area contributed by atoms with E-state index in [0.29, 0.717) is 4.88 Å². The molecule has 0 aliphatic carbocycles. The number of carboxylic acids is 1. The molecule has 0 fully saturated rings. The van der Waals surface area contributed by atoms with E-state index in [0.717, 1.165) is 17.5 Å². The van der Waals surface area contributed by atoms with Crippen molar-refractivity contribution >= 4 is 27.3 Å². The average molecular weight is 287 g/mol. The highest BCUT2D eigenvalue weighted by atomic mass is 32.2. The summed E-state index contributed by atoms with van der Waals surface area (Å²) in [6, 6.07) is 1.90. The summed E-state index contributed by atoms with van der Waals surface area (Å²) in [5, 5.41) is 10.6. The van der Waals surface area contributed by atoms with Gasteiger partial charge in [0.15, 0.2) is 11.1 Å². The van der Waals surface area contributed by atoms with Crippen LogP contribution in [0.25, 0.3) is 0 Å². The van der Waals surface area contributed by atoms with E-state index in [9.17, 15) is 13.2 Å². The van der Waals surface area contributed by atoms with Crippen LogP contribution < -0.4 is 4.72 Å². The summed E-state index contributed by atoms with van der Waals surface area (Å²) in [5.41, 5.74) is 0. The second-order valence-electron chi connectivity index (χ2n) is 3.32. The normalized spacial score (nSPS) is 13.3. The zero-order valence-corrected chi connectivity index (χ0v) is 10.5. The van der Waals surface area contributed by atoms with Crippen molar-refractivity contribution in [3.63, 3.8) is 0 Å². The molecule has 7 nitrogen and oxygen atoms in total. The van der Waals surface area contributed by atoms with Crippen LogP contribution in [0.15, 0.2) is 35.1 Å². The largest absolute Gasteiger partial charge is 0.480 e. The van der Waals surface area contributed by atoms with Crippen LogP contribution in [0.1, 0.15) is 10.9 Å². The zero-order valence-electron chi connectivity index (χ0n) is 8.90. The van der Waals surface area contributed by atoms with Crippen LogP contribution in [0.5, 0.6) is 0 Å². The van der Waals surface area contributed by atoms with Crippen molar-refractivity contribution < 1.29 is 18.3 Å². The molecule has 0 bridgehead atoms. The van der Waals surface area contributed by atoms with Gasteiger partial charge in [0.2, 0.25) is 0 Å². The Hall–Kier alpha value is -1.71. The maximum absolute atomic E-state index is 11.9. The molecule has 96 valence electrons. The Morgan fingerprint density at radius 2 is 2.33 bits per heavy atom. The van der Waals surface area contributed by atoms with Gasteiger partial charge in [-0.25, -0.2) is 13.4 Å². The third-order valence-electron chi connectivity index (χ3n) is 2.11. The number of imidazole rings is 1. The van der Waals surface area contributed by atoms with Gasteiger partial charge >= 0.3 is 5.97 Å². The van der Waals surface area contributed by atoms with E-state index in [1.54, 1.807) is 17.5 Å². The number of rotatable bonds is 5. The third kappa shape index (κ3) is 2.58. The van der Waals surface area contributed by atoms with Crippen LogP contribution in [0.2, 0.25) is 0 Å². The SMILES string of the molecule is O=C(O)C(NS(=O)(=O)c1cnc[nH]1)c1cccs1. The molecule has 0 aliphatic rings. The molecule has 0 saturated heterocycles. The maximum Gasteiger partial charge on any atom is 0.327 e. The summed E-state index contributed by atoms with van der Waals surface area (Å²) >= 11 is 1.16. The summed E-state index contributed by atoms with van der Waals surface area (Å²) in [6.07, 6.45) is 2.31. The van der Waals surface area contributed by atoms with Crippen molar-refractivity contribution in [2.75, 3.05) is 0 Å². The van der Waals surface area contributed by atoms with Gasteiger partial charge in [0.1, 0.15) is 0 Å². The highest BCUT2D eigenvalue weighted by Gasteiger charge is 2.28. The highest BCUT2D eigenvalue weighted by Crippen LogP contribution is 2.21. The van der Waals surface area contributed by atoms with Crippen LogP contribution in [0, 0.1) is 0 Å². The summed E-state index contributed by atoms with van der Waals surface area (Å²) in [5.74, 6) is -1.26. The molecule has 2 heterocycles.